The smallest absolute Gasteiger partial charge is 0.221 e. The molecule has 0 spiro atoms. The van der Waals surface area contributed by atoms with Gasteiger partial charge in [-0.25, -0.2) is 0 Å². The minimum atomic E-state index is 0.0433. The van der Waals surface area contributed by atoms with Gasteiger partial charge in [-0.1, -0.05) is 6.92 Å². The summed E-state index contributed by atoms with van der Waals surface area (Å²) in [5.41, 5.74) is 0. The fourth-order valence-corrected chi connectivity index (χ4v) is 1.97. The highest BCUT2D eigenvalue weighted by Crippen LogP contribution is 2.22. The first-order valence-corrected chi connectivity index (χ1v) is 5.75. The zero-order valence-corrected chi connectivity index (χ0v) is 9.35. The normalized spacial score (nSPS) is 26.4. The molecule has 0 aromatic carbocycles. The van der Waals surface area contributed by atoms with Crippen molar-refractivity contribution in [3.05, 3.63) is 0 Å². The SMILES string of the molecule is CCC1OCCC1CNC(=O)CCCl. The molecule has 2 unspecified atom stereocenters. The summed E-state index contributed by atoms with van der Waals surface area (Å²) in [6.07, 6.45) is 2.81. The molecule has 14 heavy (non-hydrogen) atoms. The summed E-state index contributed by atoms with van der Waals surface area (Å²) in [5.74, 6) is 0.922. The Morgan fingerprint density at radius 1 is 1.64 bits per heavy atom. The highest BCUT2D eigenvalue weighted by atomic mass is 35.5. The minimum absolute atomic E-state index is 0.0433. The van der Waals surface area contributed by atoms with Gasteiger partial charge in [0.2, 0.25) is 5.91 Å². The molecule has 1 aliphatic rings. The molecule has 1 N–H and O–H groups in total. The van der Waals surface area contributed by atoms with Crippen LogP contribution >= 0.6 is 11.6 Å². The molecule has 1 amide bonds. The molecule has 0 saturated carbocycles. The lowest BCUT2D eigenvalue weighted by molar-refractivity contribution is -0.120. The summed E-state index contributed by atoms with van der Waals surface area (Å²) >= 11 is 5.46. The maximum absolute atomic E-state index is 11.2. The molecule has 0 aromatic rings. The van der Waals surface area contributed by atoms with Crippen molar-refractivity contribution in [1.29, 1.82) is 0 Å². The molecule has 4 heteroatoms. The average Bonchev–Trinajstić information content (AvgIpc) is 2.62. The maximum atomic E-state index is 11.2. The number of alkyl halides is 1. The fourth-order valence-electron chi connectivity index (χ4n) is 1.80. The molecular formula is C10H18ClNO2. The quantitative estimate of drug-likeness (QED) is 0.713. The van der Waals surface area contributed by atoms with Gasteiger partial charge in [-0.2, -0.15) is 0 Å². The van der Waals surface area contributed by atoms with Crippen molar-refractivity contribution in [3.8, 4) is 0 Å². The van der Waals surface area contributed by atoms with Crippen molar-refractivity contribution in [1.82, 2.24) is 5.32 Å². The van der Waals surface area contributed by atoms with Gasteiger partial charge in [0, 0.05) is 31.4 Å². The second-order valence-electron chi connectivity index (χ2n) is 3.61. The zero-order valence-electron chi connectivity index (χ0n) is 8.59. The number of halogens is 1. The number of nitrogens with one attached hydrogen (secondary N) is 1. The summed E-state index contributed by atoms with van der Waals surface area (Å²) in [5, 5.41) is 2.89. The number of rotatable bonds is 5. The van der Waals surface area contributed by atoms with Crippen LogP contribution in [0, 0.1) is 5.92 Å². The Hall–Kier alpha value is -0.280. The lowest BCUT2D eigenvalue weighted by atomic mass is 10.00. The highest BCUT2D eigenvalue weighted by Gasteiger charge is 2.26. The van der Waals surface area contributed by atoms with E-state index in [0.29, 0.717) is 24.3 Å². The van der Waals surface area contributed by atoms with Gasteiger partial charge in [-0.3, -0.25) is 4.79 Å². The monoisotopic (exact) mass is 219 g/mol. The van der Waals surface area contributed by atoms with E-state index < -0.39 is 0 Å². The predicted octanol–water partition coefficient (Wildman–Crippen LogP) is 1.55. The maximum Gasteiger partial charge on any atom is 0.221 e. The van der Waals surface area contributed by atoms with Gasteiger partial charge in [0.15, 0.2) is 0 Å². The van der Waals surface area contributed by atoms with E-state index in [1.54, 1.807) is 0 Å². The van der Waals surface area contributed by atoms with Crippen LogP contribution in [0.5, 0.6) is 0 Å². The number of hydrogen-bond donors (Lipinski definition) is 1. The standard InChI is InChI=1S/C10H18ClNO2/c1-2-9-8(4-6-14-9)7-12-10(13)3-5-11/h8-9H,2-7H2,1H3,(H,12,13). The van der Waals surface area contributed by atoms with Gasteiger partial charge in [0.25, 0.3) is 0 Å². The third kappa shape index (κ3) is 3.46. The van der Waals surface area contributed by atoms with Gasteiger partial charge < -0.3 is 10.1 Å². The lowest BCUT2D eigenvalue weighted by Gasteiger charge is -2.16. The summed E-state index contributed by atoms with van der Waals surface area (Å²) in [4.78, 5) is 11.2. The number of hydrogen-bond acceptors (Lipinski definition) is 2. The Kier molecular flexibility index (Phi) is 5.26. The molecule has 0 radical (unpaired) electrons. The molecule has 1 fully saturated rings. The van der Waals surface area contributed by atoms with Gasteiger partial charge >= 0.3 is 0 Å². The van der Waals surface area contributed by atoms with Crippen molar-refractivity contribution < 1.29 is 9.53 Å². The number of ether oxygens (including phenoxy) is 1. The molecule has 2 atom stereocenters. The first-order valence-electron chi connectivity index (χ1n) is 5.22. The summed E-state index contributed by atoms with van der Waals surface area (Å²) in [6, 6.07) is 0. The number of amides is 1. The average molecular weight is 220 g/mol. The number of carbonyl (C=O) groups is 1. The molecule has 1 heterocycles. The van der Waals surface area contributed by atoms with E-state index in [4.69, 9.17) is 16.3 Å². The van der Waals surface area contributed by atoms with E-state index in [-0.39, 0.29) is 5.91 Å². The van der Waals surface area contributed by atoms with Crippen LogP contribution in [0.4, 0.5) is 0 Å². The van der Waals surface area contributed by atoms with Gasteiger partial charge in [-0.05, 0) is 12.8 Å². The van der Waals surface area contributed by atoms with E-state index in [0.717, 1.165) is 26.0 Å². The van der Waals surface area contributed by atoms with Crippen LogP contribution in [-0.2, 0) is 9.53 Å². The van der Waals surface area contributed by atoms with E-state index in [1.807, 2.05) is 0 Å². The van der Waals surface area contributed by atoms with Gasteiger partial charge in [0.05, 0.1) is 6.10 Å². The fraction of sp³-hybridized carbons (Fsp3) is 0.900. The third-order valence-electron chi connectivity index (χ3n) is 2.63. The van der Waals surface area contributed by atoms with Crippen LogP contribution in [-0.4, -0.2) is 31.0 Å². The van der Waals surface area contributed by atoms with Crippen molar-refractivity contribution in [3.63, 3.8) is 0 Å². The molecule has 0 aliphatic carbocycles. The lowest BCUT2D eigenvalue weighted by Crippen LogP contribution is -2.32. The molecular weight excluding hydrogens is 202 g/mol. The first-order chi connectivity index (χ1) is 6.77. The summed E-state index contributed by atoms with van der Waals surface area (Å²) < 4.78 is 5.53. The van der Waals surface area contributed by atoms with Crippen LogP contribution in [0.15, 0.2) is 0 Å². The third-order valence-corrected chi connectivity index (χ3v) is 2.82. The van der Waals surface area contributed by atoms with Crippen molar-refractivity contribution in [2.75, 3.05) is 19.0 Å². The predicted molar refractivity (Wildman–Crippen MR) is 56.5 cm³/mol. The molecule has 3 nitrogen and oxygen atoms in total. The zero-order chi connectivity index (χ0) is 10.4. The van der Waals surface area contributed by atoms with E-state index in [9.17, 15) is 4.79 Å². The first kappa shape index (κ1) is 11.8. The van der Waals surface area contributed by atoms with E-state index in [2.05, 4.69) is 12.2 Å². The van der Waals surface area contributed by atoms with E-state index >= 15 is 0 Å². The Labute approximate surface area is 90.1 Å². The molecule has 1 saturated heterocycles. The van der Waals surface area contributed by atoms with Crippen molar-refractivity contribution in [2.24, 2.45) is 5.92 Å². The topological polar surface area (TPSA) is 38.3 Å². The Balaban J connectivity index is 2.20. The number of carbonyl (C=O) groups excluding carboxylic acids is 1. The van der Waals surface area contributed by atoms with Crippen molar-refractivity contribution >= 4 is 17.5 Å². The molecule has 0 bridgehead atoms. The van der Waals surface area contributed by atoms with Crippen LogP contribution < -0.4 is 5.32 Å². The van der Waals surface area contributed by atoms with E-state index in [1.165, 1.54) is 0 Å². The summed E-state index contributed by atoms with van der Waals surface area (Å²) in [6.45, 7) is 3.67. The van der Waals surface area contributed by atoms with Crippen LogP contribution in [0.1, 0.15) is 26.2 Å². The Morgan fingerprint density at radius 3 is 3.07 bits per heavy atom. The highest BCUT2D eigenvalue weighted by molar-refractivity contribution is 6.18. The summed E-state index contributed by atoms with van der Waals surface area (Å²) in [7, 11) is 0. The van der Waals surface area contributed by atoms with Crippen LogP contribution in [0.3, 0.4) is 0 Å². The molecule has 1 rings (SSSR count). The molecule has 82 valence electrons. The van der Waals surface area contributed by atoms with Crippen LogP contribution in [0.25, 0.3) is 0 Å². The molecule has 1 aliphatic heterocycles. The Morgan fingerprint density at radius 2 is 2.43 bits per heavy atom. The minimum Gasteiger partial charge on any atom is -0.378 e. The Bertz CT molecular complexity index is 187. The second kappa shape index (κ2) is 6.25. The van der Waals surface area contributed by atoms with Gasteiger partial charge in [-0.15, -0.1) is 11.6 Å². The van der Waals surface area contributed by atoms with Crippen molar-refractivity contribution in [2.45, 2.75) is 32.3 Å². The van der Waals surface area contributed by atoms with Gasteiger partial charge in [0.1, 0.15) is 0 Å². The second-order valence-corrected chi connectivity index (χ2v) is 3.99. The molecule has 0 aromatic heterocycles. The van der Waals surface area contributed by atoms with Crippen LogP contribution in [0.2, 0.25) is 0 Å². The largest absolute Gasteiger partial charge is 0.378 e.